The number of aryl methyl sites for hydroxylation is 2. The van der Waals surface area contributed by atoms with Crippen molar-refractivity contribution < 1.29 is 23.0 Å². The first kappa shape index (κ1) is 22.2. The number of rotatable bonds is 5. The Morgan fingerprint density at radius 1 is 1.14 bits per heavy atom. The molecule has 2 aromatic heterocycles. The summed E-state index contributed by atoms with van der Waals surface area (Å²) < 4.78 is 37.1. The van der Waals surface area contributed by atoms with Gasteiger partial charge in [0.25, 0.3) is 5.56 Å². The van der Waals surface area contributed by atoms with E-state index < -0.39 is 17.8 Å². The summed E-state index contributed by atoms with van der Waals surface area (Å²) in [5, 5.41) is 4.54. The van der Waals surface area contributed by atoms with Gasteiger partial charge in [0.1, 0.15) is 12.2 Å². The molecule has 1 saturated carbocycles. The van der Waals surface area contributed by atoms with Crippen LogP contribution in [0.4, 0.5) is 14.5 Å². The van der Waals surface area contributed by atoms with Crippen LogP contribution in [-0.4, -0.2) is 38.0 Å². The number of aromatic nitrogens is 4. The number of amides is 1. The lowest BCUT2D eigenvalue weighted by molar-refractivity contribution is -0.286. The van der Waals surface area contributed by atoms with Crippen molar-refractivity contribution in [2.24, 2.45) is 0 Å². The van der Waals surface area contributed by atoms with E-state index in [9.17, 15) is 18.4 Å². The molecule has 0 radical (unpaired) electrons. The summed E-state index contributed by atoms with van der Waals surface area (Å²) in [6.07, 6.45) is -0.823. The van der Waals surface area contributed by atoms with E-state index in [1.54, 1.807) is 0 Å². The molecular weight excluding hydrogens is 472 g/mol. The quantitative estimate of drug-likeness (QED) is 0.452. The van der Waals surface area contributed by atoms with Crippen LogP contribution < -0.4 is 19.9 Å². The van der Waals surface area contributed by atoms with Gasteiger partial charge in [0.2, 0.25) is 5.91 Å². The maximum absolute atomic E-state index is 13.5. The SMILES string of the molecule is Cc1cc(C)cc(-c2nn(CC(=O)N(c3ccc4c(c3)OC(F)(F)O4)C3CC3)c(=O)c3nc[nH]c23)c1. The highest BCUT2D eigenvalue weighted by atomic mass is 19.3. The number of carbonyl (C=O) groups excluding carboxylic acids is 1. The Balaban J connectivity index is 1.38. The maximum atomic E-state index is 13.5. The van der Waals surface area contributed by atoms with Crippen molar-refractivity contribution in [3.8, 4) is 22.8 Å². The van der Waals surface area contributed by atoms with E-state index in [0.717, 1.165) is 34.2 Å². The van der Waals surface area contributed by atoms with E-state index in [2.05, 4.69) is 24.5 Å². The maximum Gasteiger partial charge on any atom is 0.586 e. The third kappa shape index (κ3) is 3.86. The van der Waals surface area contributed by atoms with Crippen LogP contribution in [0.3, 0.4) is 0 Å². The third-order valence-electron chi connectivity index (χ3n) is 6.16. The number of nitrogens with one attached hydrogen (secondary N) is 1. The van der Waals surface area contributed by atoms with Crippen LogP contribution in [0.25, 0.3) is 22.3 Å². The molecule has 6 rings (SSSR count). The summed E-state index contributed by atoms with van der Waals surface area (Å²) in [5.74, 6) is -0.660. The van der Waals surface area contributed by atoms with Gasteiger partial charge in [0.15, 0.2) is 17.0 Å². The fourth-order valence-electron chi connectivity index (χ4n) is 4.58. The number of nitrogens with zero attached hydrogens (tertiary/aromatic N) is 4. The number of hydrogen-bond acceptors (Lipinski definition) is 6. The minimum Gasteiger partial charge on any atom is -0.395 e. The number of alkyl halides is 2. The Bertz CT molecular complexity index is 1570. The molecule has 1 aliphatic carbocycles. The van der Waals surface area contributed by atoms with Gasteiger partial charge >= 0.3 is 6.29 Å². The third-order valence-corrected chi connectivity index (χ3v) is 6.16. The molecule has 1 aliphatic heterocycles. The Hall–Kier alpha value is -4.28. The molecule has 0 unspecified atom stereocenters. The van der Waals surface area contributed by atoms with Gasteiger partial charge in [-0.05, 0) is 51.0 Å². The largest absolute Gasteiger partial charge is 0.586 e. The highest BCUT2D eigenvalue weighted by Crippen LogP contribution is 2.44. The van der Waals surface area contributed by atoms with Crippen LogP contribution in [0.1, 0.15) is 24.0 Å². The molecule has 9 nitrogen and oxygen atoms in total. The molecule has 184 valence electrons. The average Bonchev–Trinajstić information content (AvgIpc) is 3.40. The second-order valence-electron chi connectivity index (χ2n) is 9.11. The molecular formula is C25H21F2N5O4. The minimum absolute atomic E-state index is 0.105. The van der Waals surface area contributed by atoms with Crippen LogP contribution >= 0.6 is 0 Å². The normalized spacial score (nSPS) is 15.9. The minimum atomic E-state index is -3.75. The molecule has 1 fully saturated rings. The van der Waals surface area contributed by atoms with Gasteiger partial charge in [0.05, 0.1) is 11.8 Å². The second-order valence-corrected chi connectivity index (χ2v) is 9.11. The van der Waals surface area contributed by atoms with Crippen molar-refractivity contribution in [1.82, 2.24) is 19.7 Å². The number of halogens is 2. The fourth-order valence-corrected chi connectivity index (χ4v) is 4.58. The molecule has 1 amide bonds. The zero-order valence-corrected chi connectivity index (χ0v) is 19.4. The number of hydrogen-bond donors (Lipinski definition) is 1. The number of benzene rings is 2. The number of H-pyrrole nitrogens is 1. The lowest BCUT2D eigenvalue weighted by Crippen LogP contribution is -2.39. The van der Waals surface area contributed by atoms with Gasteiger partial charge in [0, 0.05) is 23.4 Å². The van der Waals surface area contributed by atoms with Crippen molar-refractivity contribution in [2.45, 2.75) is 45.6 Å². The van der Waals surface area contributed by atoms with E-state index in [1.165, 1.54) is 29.4 Å². The van der Waals surface area contributed by atoms with Crippen LogP contribution in [-0.2, 0) is 11.3 Å². The molecule has 4 aromatic rings. The number of imidazole rings is 1. The van der Waals surface area contributed by atoms with Crippen molar-refractivity contribution in [2.75, 3.05) is 4.90 Å². The Labute approximate surface area is 203 Å². The van der Waals surface area contributed by atoms with Crippen LogP contribution in [0.2, 0.25) is 0 Å². The van der Waals surface area contributed by atoms with Crippen molar-refractivity contribution in [3.63, 3.8) is 0 Å². The van der Waals surface area contributed by atoms with Gasteiger partial charge in [-0.2, -0.15) is 5.10 Å². The molecule has 0 saturated heterocycles. The fraction of sp³-hybridized carbons (Fsp3) is 0.280. The lowest BCUT2D eigenvalue weighted by Gasteiger charge is -2.23. The number of aromatic amines is 1. The van der Waals surface area contributed by atoms with Gasteiger partial charge in [-0.15, -0.1) is 8.78 Å². The zero-order chi connectivity index (χ0) is 25.2. The van der Waals surface area contributed by atoms with E-state index in [4.69, 9.17) is 0 Å². The van der Waals surface area contributed by atoms with Gasteiger partial charge < -0.3 is 19.4 Å². The van der Waals surface area contributed by atoms with E-state index in [-0.39, 0.29) is 29.6 Å². The molecule has 3 heterocycles. The molecule has 2 aromatic carbocycles. The molecule has 11 heteroatoms. The summed E-state index contributed by atoms with van der Waals surface area (Å²) in [7, 11) is 0. The molecule has 36 heavy (non-hydrogen) atoms. The Morgan fingerprint density at radius 2 is 1.86 bits per heavy atom. The first-order valence-electron chi connectivity index (χ1n) is 11.4. The van der Waals surface area contributed by atoms with Crippen molar-refractivity contribution in [1.29, 1.82) is 0 Å². The highest BCUT2D eigenvalue weighted by Gasteiger charge is 2.44. The number of anilines is 1. The van der Waals surface area contributed by atoms with Gasteiger partial charge in [-0.3, -0.25) is 9.59 Å². The smallest absolute Gasteiger partial charge is 0.395 e. The first-order chi connectivity index (χ1) is 17.2. The standard InChI is InChI=1S/C25H21F2N5O4/c1-13-7-14(2)9-15(8-13)21-22-23(29-12-28-22)24(34)31(30-21)11-20(33)32(16-3-4-16)17-5-6-18-19(10-17)36-25(26,27)35-18/h5-10,12,16H,3-4,11H2,1-2H3,(H,28,29). The topological polar surface area (TPSA) is 102 Å². The number of ether oxygens (including phenoxy) is 2. The van der Waals surface area contributed by atoms with E-state index in [0.29, 0.717) is 16.9 Å². The van der Waals surface area contributed by atoms with Crippen LogP contribution in [0.5, 0.6) is 11.5 Å². The van der Waals surface area contributed by atoms with Crippen LogP contribution in [0.15, 0.2) is 47.5 Å². The monoisotopic (exact) mass is 493 g/mol. The molecule has 0 atom stereocenters. The molecule has 0 bridgehead atoms. The summed E-state index contributed by atoms with van der Waals surface area (Å²) >= 11 is 0. The number of fused-ring (bicyclic) bond motifs is 2. The molecule has 1 N–H and O–H groups in total. The summed E-state index contributed by atoms with van der Waals surface area (Å²) in [6, 6.07) is 10.0. The summed E-state index contributed by atoms with van der Waals surface area (Å²) in [4.78, 5) is 35.3. The summed E-state index contributed by atoms with van der Waals surface area (Å²) in [6.45, 7) is 3.59. The Kier molecular flexibility index (Phi) is 4.85. The van der Waals surface area contributed by atoms with Crippen LogP contribution in [0, 0.1) is 13.8 Å². The van der Waals surface area contributed by atoms with E-state index >= 15 is 0 Å². The molecule has 2 aliphatic rings. The predicted molar refractivity (Wildman–Crippen MR) is 126 cm³/mol. The lowest BCUT2D eigenvalue weighted by atomic mass is 10.0. The highest BCUT2D eigenvalue weighted by molar-refractivity contribution is 5.95. The second kappa shape index (κ2) is 7.87. The van der Waals surface area contributed by atoms with E-state index in [1.807, 2.05) is 32.0 Å². The van der Waals surface area contributed by atoms with Crippen molar-refractivity contribution >= 4 is 22.6 Å². The summed E-state index contributed by atoms with van der Waals surface area (Å²) in [5.41, 5.74) is 3.89. The molecule has 0 spiro atoms. The number of carbonyl (C=O) groups is 1. The van der Waals surface area contributed by atoms with Crippen molar-refractivity contribution in [3.05, 3.63) is 64.2 Å². The average molecular weight is 493 g/mol. The predicted octanol–water partition coefficient (Wildman–Crippen LogP) is 3.92. The van der Waals surface area contributed by atoms with Gasteiger partial charge in [-0.1, -0.05) is 17.2 Å². The first-order valence-corrected chi connectivity index (χ1v) is 11.4. The van der Waals surface area contributed by atoms with Gasteiger partial charge in [-0.25, -0.2) is 9.67 Å². The Morgan fingerprint density at radius 3 is 2.58 bits per heavy atom. The zero-order valence-electron chi connectivity index (χ0n) is 19.4.